The van der Waals surface area contributed by atoms with E-state index in [1.54, 1.807) is 12.1 Å². The Balaban J connectivity index is 1.60. The third-order valence-corrected chi connectivity index (χ3v) is 4.34. The van der Waals surface area contributed by atoms with Crippen molar-refractivity contribution in [3.8, 4) is 11.6 Å². The summed E-state index contributed by atoms with van der Waals surface area (Å²) in [4.78, 5) is 12.0. The zero-order valence-corrected chi connectivity index (χ0v) is 14.2. The molecule has 118 valence electrons. The molecule has 0 aliphatic heterocycles. The molecule has 23 heavy (non-hydrogen) atoms. The molecule has 3 aromatic rings. The molecule has 0 unspecified atom stereocenters. The van der Waals surface area contributed by atoms with Crippen LogP contribution < -0.4 is 11.2 Å². The summed E-state index contributed by atoms with van der Waals surface area (Å²) in [7, 11) is 0. The van der Waals surface area contributed by atoms with Crippen molar-refractivity contribution >= 4 is 39.3 Å². The van der Waals surface area contributed by atoms with Crippen molar-refractivity contribution in [1.82, 2.24) is 14.9 Å². The van der Waals surface area contributed by atoms with Crippen LogP contribution in [0.15, 0.2) is 56.7 Å². The van der Waals surface area contributed by atoms with Crippen molar-refractivity contribution in [3.05, 3.63) is 47.1 Å². The monoisotopic (exact) mass is 393 g/mol. The fourth-order valence-electron chi connectivity index (χ4n) is 1.81. The van der Waals surface area contributed by atoms with E-state index in [0.29, 0.717) is 16.7 Å². The van der Waals surface area contributed by atoms with Gasteiger partial charge in [-0.15, -0.1) is 10.2 Å². The van der Waals surface area contributed by atoms with Crippen LogP contribution in [0, 0.1) is 0 Å². The lowest BCUT2D eigenvalue weighted by atomic mass is 10.3. The lowest BCUT2D eigenvalue weighted by Gasteiger charge is -2.05. The van der Waals surface area contributed by atoms with Crippen LogP contribution in [0.2, 0.25) is 0 Å². The van der Waals surface area contributed by atoms with Crippen molar-refractivity contribution in [1.29, 1.82) is 0 Å². The minimum absolute atomic E-state index is 0.153. The van der Waals surface area contributed by atoms with Gasteiger partial charge in [-0.25, -0.2) is 4.68 Å². The summed E-state index contributed by atoms with van der Waals surface area (Å²) >= 11 is 4.54. The molecule has 0 bridgehead atoms. The van der Waals surface area contributed by atoms with Crippen molar-refractivity contribution in [3.63, 3.8) is 0 Å². The van der Waals surface area contributed by atoms with Gasteiger partial charge in [0.1, 0.15) is 0 Å². The number of thioether (sulfide) groups is 1. The number of amides is 1. The molecule has 0 saturated heterocycles. The summed E-state index contributed by atoms with van der Waals surface area (Å²) in [6.07, 6.45) is 1.53. The van der Waals surface area contributed by atoms with Crippen LogP contribution in [0.1, 0.15) is 0 Å². The van der Waals surface area contributed by atoms with Gasteiger partial charge in [0.25, 0.3) is 0 Å². The van der Waals surface area contributed by atoms with E-state index >= 15 is 0 Å². The van der Waals surface area contributed by atoms with Crippen LogP contribution in [0.25, 0.3) is 11.6 Å². The first-order chi connectivity index (χ1) is 11.1. The number of nitrogens with one attached hydrogen (secondary N) is 1. The quantitative estimate of drug-likeness (QED) is 0.510. The molecule has 0 radical (unpaired) electrons. The molecule has 0 spiro atoms. The number of nitrogens with zero attached hydrogens (tertiary/aromatic N) is 3. The number of anilines is 1. The first kappa shape index (κ1) is 15.6. The third kappa shape index (κ3) is 3.74. The number of halogens is 1. The molecule has 0 atom stereocenters. The zero-order chi connectivity index (χ0) is 16.2. The number of carbonyl (C=O) groups excluding carboxylic acids is 1. The Kier molecular flexibility index (Phi) is 4.68. The van der Waals surface area contributed by atoms with Gasteiger partial charge in [0.2, 0.25) is 16.9 Å². The predicted octanol–water partition coefficient (Wildman–Crippen LogP) is 2.75. The number of nitrogens with two attached hydrogens (primary N) is 1. The topological polar surface area (TPSA) is 99.0 Å². The van der Waals surface area contributed by atoms with Crippen molar-refractivity contribution in [2.24, 2.45) is 0 Å². The van der Waals surface area contributed by atoms with E-state index in [0.717, 1.165) is 10.2 Å². The van der Waals surface area contributed by atoms with Gasteiger partial charge in [-0.3, -0.25) is 4.79 Å². The number of rotatable bonds is 5. The van der Waals surface area contributed by atoms with Gasteiger partial charge in [-0.2, -0.15) is 0 Å². The molecule has 9 heteroatoms. The average molecular weight is 394 g/mol. The molecule has 1 amide bonds. The lowest BCUT2D eigenvalue weighted by Crippen LogP contribution is -2.16. The van der Waals surface area contributed by atoms with Crippen LogP contribution in [-0.2, 0) is 4.79 Å². The van der Waals surface area contributed by atoms with E-state index in [1.807, 2.05) is 24.3 Å². The molecule has 2 heterocycles. The van der Waals surface area contributed by atoms with Crippen LogP contribution in [0.3, 0.4) is 0 Å². The highest BCUT2D eigenvalue weighted by atomic mass is 79.9. The Labute approximate surface area is 144 Å². The SMILES string of the molecule is Nn1c(SCC(=O)Nc2ccc(Br)cc2)nnc1-c1ccco1. The van der Waals surface area contributed by atoms with Crippen molar-refractivity contribution < 1.29 is 9.21 Å². The maximum Gasteiger partial charge on any atom is 0.234 e. The molecule has 0 fully saturated rings. The van der Waals surface area contributed by atoms with Gasteiger partial charge in [-0.05, 0) is 36.4 Å². The highest BCUT2D eigenvalue weighted by Gasteiger charge is 2.15. The first-order valence-corrected chi connectivity index (χ1v) is 8.34. The molecule has 7 nitrogen and oxygen atoms in total. The zero-order valence-electron chi connectivity index (χ0n) is 11.8. The molecular formula is C14H12BrN5O2S. The Morgan fingerprint density at radius 3 is 2.78 bits per heavy atom. The summed E-state index contributed by atoms with van der Waals surface area (Å²) in [5.74, 6) is 6.87. The summed E-state index contributed by atoms with van der Waals surface area (Å²) in [5, 5.41) is 11.2. The van der Waals surface area contributed by atoms with Gasteiger partial charge in [0.05, 0.1) is 12.0 Å². The summed E-state index contributed by atoms with van der Waals surface area (Å²) in [6, 6.07) is 10.8. The van der Waals surface area contributed by atoms with Crippen molar-refractivity contribution in [2.75, 3.05) is 16.9 Å². The van der Waals surface area contributed by atoms with Gasteiger partial charge in [-0.1, -0.05) is 27.7 Å². The van der Waals surface area contributed by atoms with Crippen LogP contribution in [-0.4, -0.2) is 26.5 Å². The molecule has 3 rings (SSSR count). The summed E-state index contributed by atoms with van der Waals surface area (Å²) in [6.45, 7) is 0. The third-order valence-electron chi connectivity index (χ3n) is 2.87. The average Bonchev–Trinajstić information content (AvgIpc) is 3.17. The van der Waals surface area contributed by atoms with Gasteiger partial charge in [0.15, 0.2) is 5.76 Å². The van der Waals surface area contributed by atoms with E-state index in [2.05, 4.69) is 31.4 Å². The highest BCUT2D eigenvalue weighted by molar-refractivity contribution is 9.10. The second-order valence-electron chi connectivity index (χ2n) is 4.50. The molecular weight excluding hydrogens is 382 g/mol. The minimum Gasteiger partial charge on any atom is -0.461 e. The Morgan fingerprint density at radius 2 is 2.09 bits per heavy atom. The maximum absolute atomic E-state index is 12.0. The number of carbonyl (C=O) groups is 1. The van der Waals surface area contributed by atoms with E-state index in [-0.39, 0.29) is 11.7 Å². The molecule has 0 saturated carbocycles. The number of benzene rings is 1. The van der Waals surface area contributed by atoms with Gasteiger partial charge >= 0.3 is 0 Å². The molecule has 0 aliphatic carbocycles. The number of furan rings is 1. The second-order valence-corrected chi connectivity index (χ2v) is 6.36. The largest absolute Gasteiger partial charge is 0.461 e. The Morgan fingerprint density at radius 1 is 1.30 bits per heavy atom. The van der Waals surface area contributed by atoms with Crippen LogP contribution >= 0.6 is 27.7 Å². The second kappa shape index (κ2) is 6.88. The minimum atomic E-state index is -0.153. The Bertz CT molecular complexity index is 801. The van der Waals surface area contributed by atoms with Crippen LogP contribution in [0.4, 0.5) is 5.69 Å². The van der Waals surface area contributed by atoms with E-state index in [4.69, 9.17) is 10.3 Å². The normalized spacial score (nSPS) is 10.7. The van der Waals surface area contributed by atoms with Gasteiger partial charge < -0.3 is 15.6 Å². The Hall–Kier alpha value is -2.26. The fourth-order valence-corrected chi connectivity index (χ4v) is 2.73. The summed E-state index contributed by atoms with van der Waals surface area (Å²) < 4.78 is 7.48. The number of hydrogen-bond donors (Lipinski definition) is 2. The van der Waals surface area contributed by atoms with E-state index in [9.17, 15) is 4.79 Å². The number of hydrogen-bond acceptors (Lipinski definition) is 6. The molecule has 1 aromatic carbocycles. The van der Waals surface area contributed by atoms with Crippen molar-refractivity contribution in [2.45, 2.75) is 5.16 Å². The summed E-state index contributed by atoms with van der Waals surface area (Å²) in [5.41, 5.74) is 0.726. The molecule has 2 aromatic heterocycles. The standard InChI is InChI=1S/C14H12BrN5O2S/c15-9-3-5-10(6-4-9)17-12(21)8-23-14-19-18-13(20(14)16)11-2-1-7-22-11/h1-7H,8,16H2,(H,17,21). The van der Waals surface area contributed by atoms with Gasteiger partial charge in [0, 0.05) is 10.2 Å². The predicted molar refractivity (Wildman–Crippen MR) is 91.4 cm³/mol. The maximum atomic E-state index is 12.0. The van der Waals surface area contributed by atoms with E-state index in [1.165, 1.54) is 22.7 Å². The number of nitrogen functional groups attached to an aromatic ring is 1. The lowest BCUT2D eigenvalue weighted by molar-refractivity contribution is -0.113. The van der Waals surface area contributed by atoms with E-state index < -0.39 is 0 Å². The first-order valence-electron chi connectivity index (χ1n) is 6.56. The molecule has 3 N–H and O–H groups in total. The smallest absolute Gasteiger partial charge is 0.234 e. The number of aromatic nitrogens is 3. The van der Waals surface area contributed by atoms with Crippen LogP contribution in [0.5, 0.6) is 0 Å². The highest BCUT2D eigenvalue weighted by Crippen LogP contribution is 2.22. The fraction of sp³-hybridized carbons (Fsp3) is 0.0714. The molecule has 0 aliphatic rings.